The summed E-state index contributed by atoms with van der Waals surface area (Å²) in [5.41, 5.74) is 0.522. The predicted octanol–water partition coefficient (Wildman–Crippen LogP) is 3.21. The first-order chi connectivity index (χ1) is 14.9. The minimum absolute atomic E-state index is 0.0647. The lowest BCUT2D eigenvalue weighted by molar-refractivity contribution is -0.142. The van der Waals surface area contributed by atoms with Crippen LogP contribution in [0.2, 0.25) is 0 Å². The molecule has 1 aromatic heterocycles. The van der Waals surface area contributed by atoms with E-state index >= 15 is 0 Å². The summed E-state index contributed by atoms with van der Waals surface area (Å²) in [4.78, 5) is 31.2. The molecular formula is C23H30N2O5S. The Morgan fingerprint density at radius 3 is 2.68 bits per heavy atom. The van der Waals surface area contributed by atoms with E-state index in [1.54, 1.807) is 23.1 Å². The van der Waals surface area contributed by atoms with Gasteiger partial charge in [-0.3, -0.25) is 9.69 Å². The summed E-state index contributed by atoms with van der Waals surface area (Å²) >= 11 is 1.85. The SMILES string of the molecule is COC(=O)COc1ccc(C(=O)N(C)C[C@H]2CCN(Cc3ccc(C)s3)C2)cc1OC. The maximum Gasteiger partial charge on any atom is 0.343 e. The van der Waals surface area contributed by atoms with Crippen molar-refractivity contribution in [3.63, 3.8) is 0 Å². The lowest BCUT2D eigenvalue weighted by atomic mass is 10.1. The average molecular weight is 447 g/mol. The van der Waals surface area contributed by atoms with E-state index in [1.165, 1.54) is 24.0 Å². The van der Waals surface area contributed by atoms with Gasteiger partial charge in [0.25, 0.3) is 5.91 Å². The number of carbonyl (C=O) groups excluding carboxylic acids is 2. The van der Waals surface area contributed by atoms with E-state index in [9.17, 15) is 9.59 Å². The van der Waals surface area contributed by atoms with Crippen molar-refractivity contribution in [3.8, 4) is 11.5 Å². The molecule has 3 rings (SSSR count). The van der Waals surface area contributed by atoms with Crippen molar-refractivity contribution >= 4 is 23.2 Å². The van der Waals surface area contributed by atoms with Gasteiger partial charge in [-0.25, -0.2) is 4.79 Å². The number of benzene rings is 1. The number of rotatable bonds is 9. The lowest BCUT2D eigenvalue weighted by Crippen LogP contribution is -2.33. The molecule has 0 saturated carbocycles. The average Bonchev–Trinajstić information content (AvgIpc) is 3.39. The molecule has 1 atom stereocenters. The monoisotopic (exact) mass is 446 g/mol. The molecule has 2 aromatic rings. The van der Waals surface area contributed by atoms with E-state index in [4.69, 9.17) is 9.47 Å². The number of amides is 1. The molecule has 0 spiro atoms. The van der Waals surface area contributed by atoms with Crippen LogP contribution in [0.15, 0.2) is 30.3 Å². The van der Waals surface area contributed by atoms with E-state index in [1.807, 2.05) is 18.4 Å². The Bertz CT molecular complexity index is 913. The van der Waals surface area contributed by atoms with E-state index < -0.39 is 5.97 Å². The zero-order chi connectivity index (χ0) is 22.4. The van der Waals surface area contributed by atoms with Crippen LogP contribution in [0, 0.1) is 12.8 Å². The van der Waals surface area contributed by atoms with Gasteiger partial charge in [0.15, 0.2) is 18.1 Å². The van der Waals surface area contributed by atoms with Gasteiger partial charge in [-0.15, -0.1) is 11.3 Å². The molecule has 1 fully saturated rings. The van der Waals surface area contributed by atoms with Gasteiger partial charge in [0.1, 0.15) is 0 Å². The predicted molar refractivity (Wildman–Crippen MR) is 120 cm³/mol. The van der Waals surface area contributed by atoms with Crippen molar-refractivity contribution < 1.29 is 23.8 Å². The summed E-state index contributed by atoms with van der Waals surface area (Å²) in [6.45, 7) is 5.66. The second-order valence-corrected chi connectivity index (χ2v) is 9.19. The number of thiophene rings is 1. The molecule has 0 unspecified atom stereocenters. The first-order valence-electron chi connectivity index (χ1n) is 10.3. The van der Waals surface area contributed by atoms with E-state index in [0.29, 0.717) is 29.5 Å². The zero-order valence-electron chi connectivity index (χ0n) is 18.6. The molecular weight excluding hydrogens is 416 g/mol. The van der Waals surface area contributed by atoms with Crippen LogP contribution in [-0.4, -0.2) is 69.2 Å². The number of esters is 1. The molecule has 168 valence electrons. The molecule has 2 heterocycles. The van der Waals surface area contributed by atoms with Gasteiger partial charge in [-0.1, -0.05) is 0 Å². The molecule has 8 heteroatoms. The highest BCUT2D eigenvalue weighted by Crippen LogP contribution is 2.29. The highest BCUT2D eigenvalue weighted by atomic mass is 32.1. The molecule has 7 nitrogen and oxygen atoms in total. The minimum Gasteiger partial charge on any atom is -0.493 e. The fourth-order valence-corrected chi connectivity index (χ4v) is 4.73. The second kappa shape index (κ2) is 10.6. The van der Waals surface area contributed by atoms with Crippen LogP contribution in [0.4, 0.5) is 0 Å². The second-order valence-electron chi connectivity index (χ2n) is 7.82. The molecule has 1 aliphatic heterocycles. The Labute approximate surface area is 187 Å². The van der Waals surface area contributed by atoms with Crippen molar-refractivity contribution in [2.24, 2.45) is 5.92 Å². The van der Waals surface area contributed by atoms with Gasteiger partial charge >= 0.3 is 5.97 Å². The number of nitrogens with zero attached hydrogens (tertiary/aromatic N) is 2. The zero-order valence-corrected chi connectivity index (χ0v) is 19.4. The number of likely N-dealkylation sites (tertiary alicyclic amines) is 1. The molecule has 0 N–H and O–H groups in total. The van der Waals surface area contributed by atoms with Crippen LogP contribution in [0.25, 0.3) is 0 Å². The highest BCUT2D eigenvalue weighted by molar-refractivity contribution is 7.11. The molecule has 1 aromatic carbocycles. The van der Waals surface area contributed by atoms with Crippen molar-refractivity contribution in [2.75, 3.05) is 47.5 Å². The van der Waals surface area contributed by atoms with Gasteiger partial charge in [-0.2, -0.15) is 0 Å². The largest absolute Gasteiger partial charge is 0.493 e. The summed E-state index contributed by atoms with van der Waals surface area (Å²) in [5, 5.41) is 0. The van der Waals surface area contributed by atoms with Crippen LogP contribution in [-0.2, 0) is 16.1 Å². The number of ether oxygens (including phenoxy) is 3. The van der Waals surface area contributed by atoms with Gasteiger partial charge in [-0.05, 0) is 56.1 Å². The first-order valence-corrected chi connectivity index (χ1v) is 11.1. The summed E-state index contributed by atoms with van der Waals surface area (Å²) in [5.74, 6) is 0.704. The maximum absolute atomic E-state index is 12.9. The van der Waals surface area contributed by atoms with Crippen LogP contribution < -0.4 is 9.47 Å². The number of methoxy groups -OCH3 is 2. The standard InChI is InChI=1S/C23H30N2O5S/c1-16-5-7-19(31-16)14-25-10-9-17(13-25)12-24(2)23(27)18-6-8-20(21(11-18)28-3)30-15-22(26)29-4/h5-8,11,17H,9-10,12-15H2,1-4H3/t17-/m1/s1. The van der Waals surface area contributed by atoms with E-state index in [2.05, 4.69) is 28.7 Å². The normalized spacial score (nSPS) is 16.2. The third-order valence-electron chi connectivity index (χ3n) is 5.41. The Morgan fingerprint density at radius 1 is 1.19 bits per heavy atom. The van der Waals surface area contributed by atoms with Crippen LogP contribution in [0.5, 0.6) is 11.5 Å². The first kappa shape index (κ1) is 23.1. The lowest BCUT2D eigenvalue weighted by Gasteiger charge is -2.22. The topological polar surface area (TPSA) is 68.3 Å². The van der Waals surface area contributed by atoms with Crippen molar-refractivity contribution in [1.29, 1.82) is 0 Å². The fraction of sp³-hybridized carbons (Fsp3) is 0.478. The summed E-state index contributed by atoms with van der Waals surface area (Å²) in [6, 6.07) is 9.34. The molecule has 1 aliphatic rings. The summed E-state index contributed by atoms with van der Waals surface area (Å²) in [6.07, 6.45) is 1.09. The molecule has 0 aliphatic carbocycles. The Balaban J connectivity index is 1.55. The third-order valence-corrected chi connectivity index (χ3v) is 6.39. The quantitative estimate of drug-likeness (QED) is 0.551. The third kappa shape index (κ3) is 6.21. The van der Waals surface area contributed by atoms with E-state index in [0.717, 1.165) is 26.1 Å². The fourth-order valence-electron chi connectivity index (χ4n) is 3.80. The molecule has 31 heavy (non-hydrogen) atoms. The van der Waals surface area contributed by atoms with Crippen molar-refractivity contribution in [1.82, 2.24) is 9.80 Å². The number of hydrogen-bond acceptors (Lipinski definition) is 7. The summed E-state index contributed by atoms with van der Waals surface area (Å²) < 4.78 is 15.3. The molecule has 0 bridgehead atoms. The van der Waals surface area contributed by atoms with Crippen molar-refractivity contribution in [2.45, 2.75) is 19.9 Å². The molecule has 1 amide bonds. The number of hydrogen-bond donors (Lipinski definition) is 0. The Hall–Kier alpha value is -2.58. The van der Waals surface area contributed by atoms with Gasteiger partial charge in [0.2, 0.25) is 0 Å². The maximum atomic E-state index is 12.9. The molecule has 0 radical (unpaired) electrons. The van der Waals surface area contributed by atoms with Gasteiger partial charge in [0.05, 0.1) is 14.2 Å². The summed E-state index contributed by atoms with van der Waals surface area (Å²) in [7, 11) is 4.63. The number of carbonyl (C=O) groups is 2. The minimum atomic E-state index is -0.484. The number of aryl methyl sites for hydroxylation is 1. The van der Waals surface area contributed by atoms with Crippen LogP contribution >= 0.6 is 11.3 Å². The van der Waals surface area contributed by atoms with Gasteiger partial charge < -0.3 is 19.1 Å². The van der Waals surface area contributed by atoms with Crippen LogP contribution in [0.3, 0.4) is 0 Å². The van der Waals surface area contributed by atoms with Crippen LogP contribution in [0.1, 0.15) is 26.5 Å². The highest BCUT2D eigenvalue weighted by Gasteiger charge is 2.26. The smallest absolute Gasteiger partial charge is 0.343 e. The Kier molecular flexibility index (Phi) is 7.92. The molecule has 1 saturated heterocycles. The van der Waals surface area contributed by atoms with Crippen molar-refractivity contribution in [3.05, 3.63) is 45.6 Å². The Morgan fingerprint density at radius 2 is 2.00 bits per heavy atom. The van der Waals surface area contributed by atoms with Gasteiger partial charge in [0, 0.05) is 42.0 Å². The van der Waals surface area contributed by atoms with E-state index in [-0.39, 0.29) is 12.5 Å².